The van der Waals surface area contributed by atoms with Gasteiger partial charge in [-0.2, -0.15) is 4.98 Å². The molecule has 0 aliphatic heterocycles. The van der Waals surface area contributed by atoms with Crippen molar-refractivity contribution >= 4 is 0 Å². The minimum Gasteiger partial charge on any atom is -0.485 e. The average molecular weight is 250 g/mol. The zero-order valence-electron chi connectivity index (χ0n) is 10.4. The topological polar surface area (TPSA) is 48.2 Å². The highest BCUT2D eigenvalue weighted by molar-refractivity contribution is 5.32. The van der Waals surface area contributed by atoms with Crippen LogP contribution in [0.15, 0.2) is 22.7 Å². The maximum atomic E-state index is 12.9. The van der Waals surface area contributed by atoms with Gasteiger partial charge in [-0.25, -0.2) is 4.39 Å². The highest BCUT2D eigenvalue weighted by atomic mass is 19.1. The van der Waals surface area contributed by atoms with Crippen molar-refractivity contribution < 1.29 is 13.7 Å². The molecule has 0 saturated heterocycles. The lowest BCUT2D eigenvalue weighted by Crippen LogP contribution is -1.99. The van der Waals surface area contributed by atoms with Crippen molar-refractivity contribution in [2.45, 2.75) is 33.3 Å². The third-order valence-corrected chi connectivity index (χ3v) is 2.47. The normalized spacial score (nSPS) is 10.6. The fraction of sp³-hybridized carbons (Fsp3) is 0.385. The molecule has 2 rings (SSSR count). The second kappa shape index (κ2) is 5.62. The summed E-state index contributed by atoms with van der Waals surface area (Å²) in [5.74, 6) is 1.47. The fourth-order valence-corrected chi connectivity index (χ4v) is 1.58. The van der Waals surface area contributed by atoms with Crippen LogP contribution in [0.25, 0.3) is 0 Å². The molecular weight excluding hydrogens is 235 g/mol. The summed E-state index contributed by atoms with van der Waals surface area (Å²) in [7, 11) is 0. The molecule has 0 fully saturated rings. The van der Waals surface area contributed by atoms with E-state index >= 15 is 0 Å². The van der Waals surface area contributed by atoms with Gasteiger partial charge < -0.3 is 9.26 Å². The molecule has 0 bridgehead atoms. The number of halogens is 1. The molecule has 1 aromatic carbocycles. The minimum atomic E-state index is -0.273. The predicted octanol–water partition coefficient (Wildman–Crippen LogP) is 3.05. The van der Waals surface area contributed by atoms with Crippen LogP contribution >= 0.6 is 0 Å². The molecule has 96 valence electrons. The lowest BCUT2D eigenvalue weighted by molar-refractivity contribution is 0.283. The Bertz CT molecular complexity index is 525. The molecular formula is C13H15FN2O2. The van der Waals surface area contributed by atoms with E-state index in [1.54, 1.807) is 13.0 Å². The van der Waals surface area contributed by atoms with E-state index in [1.165, 1.54) is 12.1 Å². The smallest absolute Gasteiger partial charge is 0.226 e. The first-order chi connectivity index (χ1) is 8.69. The summed E-state index contributed by atoms with van der Waals surface area (Å²) in [6.45, 7) is 4.05. The summed E-state index contributed by atoms with van der Waals surface area (Å²) < 4.78 is 23.5. The van der Waals surface area contributed by atoms with Crippen LogP contribution in [0.1, 0.15) is 30.6 Å². The minimum absolute atomic E-state index is 0.222. The molecule has 0 aliphatic rings. The van der Waals surface area contributed by atoms with Gasteiger partial charge in [0, 0.05) is 6.42 Å². The van der Waals surface area contributed by atoms with Gasteiger partial charge in [-0.1, -0.05) is 12.1 Å². The number of rotatable bonds is 5. The Morgan fingerprint density at radius 1 is 1.39 bits per heavy atom. The van der Waals surface area contributed by atoms with Gasteiger partial charge in [-0.3, -0.25) is 0 Å². The first-order valence-electron chi connectivity index (χ1n) is 5.89. The Kier molecular flexibility index (Phi) is 3.92. The molecule has 0 spiro atoms. The molecule has 5 heteroatoms. The lowest BCUT2D eigenvalue weighted by Gasteiger charge is -2.06. The Balaban J connectivity index is 1.97. The molecule has 0 saturated carbocycles. The highest BCUT2D eigenvalue weighted by Gasteiger charge is 2.07. The van der Waals surface area contributed by atoms with E-state index in [2.05, 4.69) is 10.1 Å². The summed E-state index contributed by atoms with van der Waals surface area (Å²) in [5, 5.41) is 3.81. The van der Waals surface area contributed by atoms with Crippen molar-refractivity contribution in [3.8, 4) is 5.75 Å². The van der Waals surface area contributed by atoms with Gasteiger partial charge in [0.15, 0.2) is 6.61 Å². The van der Waals surface area contributed by atoms with E-state index in [0.717, 1.165) is 18.4 Å². The van der Waals surface area contributed by atoms with Gasteiger partial charge in [0.05, 0.1) is 0 Å². The monoisotopic (exact) mass is 250 g/mol. The van der Waals surface area contributed by atoms with Gasteiger partial charge in [-0.05, 0) is 37.1 Å². The maximum absolute atomic E-state index is 12.9. The predicted molar refractivity (Wildman–Crippen MR) is 63.8 cm³/mol. The van der Waals surface area contributed by atoms with Crippen molar-refractivity contribution in [1.29, 1.82) is 0 Å². The number of benzene rings is 1. The van der Waals surface area contributed by atoms with Crippen LogP contribution in [0.3, 0.4) is 0 Å². The van der Waals surface area contributed by atoms with Crippen molar-refractivity contribution in [3.05, 3.63) is 41.3 Å². The van der Waals surface area contributed by atoms with E-state index in [0.29, 0.717) is 17.5 Å². The second-order valence-corrected chi connectivity index (χ2v) is 4.05. The number of ether oxygens (including phenoxy) is 1. The van der Waals surface area contributed by atoms with Crippen LogP contribution in [-0.4, -0.2) is 10.1 Å². The summed E-state index contributed by atoms with van der Waals surface area (Å²) in [4.78, 5) is 4.19. The molecule has 0 atom stereocenters. The van der Waals surface area contributed by atoms with Gasteiger partial charge in [0.2, 0.25) is 11.7 Å². The summed E-state index contributed by atoms with van der Waals surface area (Å²) in [6.07, 6.45) is 1.72. The molecule has 18 heavy (non-hydrogen) atoms. The average Bonchev–Trinajstić information content (AvgIpc) is 2.76. The van der Waals surface area contributed by atoms with E-state index in [4.69, 9.17) is 9.26 Å². The number of aromatic nitrogens is 2. The molecule has 4 nitrogen and oxygen atoms in total. The van der Waals surface area contributed by atoms with E-state index in [1.807, 2.05) is 6.92 Å². The summed E-state index contributed by atoms with van der Waals surface area (Å²) >= 11 is 0. The van der Waals surface area contributed by atoms with Crippen LogP contribution in [0.2, 0.25) is 0 Å². The van der Waals surface area contributed by atoms with E-state index in [9.17, 15) is 4.39 Å². The Morgan fingerprint density at radius 3 is 2.94 bits per heavy atom. The third-order valence-electron chi connectivity index (χ3n) is 2.47. The van der Waals surface area contributed by atoms with E-state index in [-0.39, 0.29) is 12.4 Å². The van der Waals surface area contributed by atoms with Crippen LogP contribution < -0.4 is 4.74 Å². The molecule has 0 amide bonds. The fourth-order valence-electron chi connectivity index (χ4n) is 1.58. The van der Waals surface area contributed by atoms with Crippen LogP contribution in [0.5, 0.6) is 5.75 Å². The quantitative estimate of drug-likeness (QED) is 0.818. The zero-order valence-corrected chi connectivity index (χ0v) is 10.4. The van der Waals surface area contributed by atoms with Crippen molar-refractivity contribution in [2.75, 3.05) is 0 Å². The van der Waals surface area contributed by atoms with Crippen LogP contribution in [0, 0.1) is 12.7 Å². The molecule has 1 heterocycles. The number of hydrogen-bond acceptors (Lipinski definition) is 4. The molecule has 0 radical (unpaired) electrons. The van der Waals surface area contributed by atoms with Gasteiger partial charge in [-0.15, -0.1) is 0 Å². The molecule has 0 aliphatic carbocycles. The van der Waals surface area contributed by atoms with E-state index < -0.39 is 0 Å². The Hall–Kier alpha value is -1.91. The van der Waals surface area contributed by atoms with Crippen LogP contribution in [-0.2, 0) is 13.0 Å². The largest absolute Gasteiger partial charge is 0.485 e. The molecule has 1 aromatic heterocycles. The second-order valence-electron chi connectivity index (χ2n) is 4.05. The number of hydrogen-bond donors (Lipinski definition) is 0. The van der Waals surface area contributed by atoms with Crippen molar-refractivity contribution in [3.63, 3.8) is 0 Å². The number of aryl methyl sites for hydroxylation is 2. The molecule has 0 N–H and O–H groups in total. The van der Waals surface area contributed by atoms with Crippen molar-refractivity contribution in [1.82, 2.24) is 10.1 Å². The maximum Gasteiger partial charge on any atom is 0.226 e. The van der Waals surface area contributed by atoms with Gasteiger partial charge in [0.25, 0.3) is 0 Å². The third kappa shape index (κ3) is 3.06. The first-order valence-corrected chi connectivity index (χ1v) is 5.89. The highest BCUT2D eigenvalue weighted by Crippen LogP contribution is 2.19. The number of nitrogens with zero attached hydrogens (tertiary/aromatic N) is 2. The van der Waals surface area contributed by atoms with Gasteiger partial charge >= 0.3 is 0 Å². The van der Waals surface area contributed by atoms with Gasteiger partial charge in [0.1, 0.15) is 11.6 Å². The standard InChI is InChI=1S/C13H15FN2O2/c1-3-4-13-15-12(16-18-13)8-17-11-6-5-10(14)7-9(11)2/h5-7H,3-4,8H2,1-2H3. The Labute approximate surface area is 105 Å². The zero-order chi connectivity index (χ0) is 13.0. The molecule has 0 unspecified atom stereocenters. The SMILES string of the molecule is CCCc1nc(COc2ccc(F)cc2C)no1. The summed E-state index contributed by atoms with van der Waals surface area (Å²) in [6, 6.07) is 4.38. The Morgan fingerprint density at radius 2 is 2.22 bits per heavy atom. The van der Waals surface area contributed by atoms with Crippen LogP contribution in [0.4, 0.5) is 4.39 Å². The van der Waals surface area contributed by atoms with Crippen molar-refractivity contribution in [2.24, 2.45) is 0 Å². The summed E-state index contributed by atoms with van der Waals surface area (Å²) in [5.41, 5.74) is 0.743. The lowest BCUT2D eigenvalue weighted by atomic mass is 10.2. The first kappa shape index (κ1) is 12.5. The molecule has 2 aromatic rings.